The summed E-state index contributed by atoms with van der Waals surface area (Å²) in [6.45, 7) is 0. The molecule has 0 radical (unpaired) electrons. The van der Waals surface area contributed by atoms with Gasteiger partial charge in [0.1, 0.15) is 6.33 Å². The first-order valence-electron chi connectivity index (χ1n) is 7.12. The molecule has 1 saturated carbocycles. The van der Waals surface area contributed by atoms with Crippen LogP contribution in [-0.2, 0) is 16.0 Å². The number of carbonyl (C=O) groups excluding carboxylic acids is 1. The molecule has 20 heavy (non-hydrogen) atoms. The first-order valence-corrected chi connectivity index (χ1v) is 7.12. The average Bonchev–Trinajstić information content (AvgIpc) is 2.95. The molecule has 0 atom stereocenters. The highest BCUT2D eigenvalue weighted by Crippen LogP contribution is 2.31. The summed E-state index contributed by atoms with van der Waals surface area (Å²) in [6.07, 6.45) is 8.75. The standard InChI is InChI=1S/C15H19N3O2/c1-20-15(19)13-5-2-11(3-6-13)8-12-4-7-14-16-10-17-18(14)9-12/h4,7,9-11,13H,2-3,5-6,8H2,1H3. The topological polar surface area (TPSA) is 56.5 Å². The normalized spacial score (nSPS) is 22.9. The van der Waals surface area contributed by atoms with Crippen LogP contribution in [0.4, 0.5) is 0 Å². The van der Waals surface area contributed by atoms with Gasteiger partial charge in [-0.1, -0.05) is 6.07 Å². The van der Waals surface area contributed by atoms with Crippen LogP contribution < -0.4 is 0 Å². The summed E-state index contributed by atoms with van der Waals surface area (Å²) in [4.78, 5) is 15.7. The van der Waals surface area contributed by atoms with Crippen LogP contribution in [0.3, 0.4) is 0 Å². The van der Waals surface area contributed by atoms with Gasteiger partial charge in [-0.2, -0.15) is 5.10 Å². The second-order valence-corrected chi connectivity index (χ2v) is 5.55. The SMILES string of the molecule is COC(=O)C1CCC(Cc2ccc3ncnn3c2)CC1. The number of pyridine rings is 1. The zero-order valence-corrected chi connectivity index (χ0v) is 11.7. The van der Waals surface area contributed by atoms with Gasteiger partial charge in [0.15, 0.2) is 5.65 Å². The Morgan fingerprint density at radius 2 is 2.15 bits per heavy atom. The minimum absolute atomic E-state index is 0.0486. The lowest BCUT2D eigenvalue weighted by Gasteiger charge is -2.26. The predicted molar refractivity (Wildman–Crippen MR) is 74.2 cm³/mol. The molecule has 5 nitrogen and oxygen atoms in total. The van der Waals surface area contributed by atoms with E-state index in [9.17, 15) is 4.79 Å². The maximum Gasteiger partial charge on any atom is 0.308 e. The molecule has 5 heteroatoms. The van der Waals surface area contributed by atoms with Crippen molar-refractivity contribution in [1.29, 1.82) is 0 Å². The monoisotopic (exact) mass is 273 g/mol. The second-order valence-electron chi connectivity index (χ2n) is 5.55. The fourth-order valence-corrected chi connectivity index (χ4v) is 3.08. The lowest BCUT2D eigenvalue weighted by atomic mass is 9.79. The maximum absolute atomic E-state index is 11.5. The van der Waals surface area contributed by atoms with Crippen LogP contribution in [0, 0.1) is 11.8 Å². The van der Waals surface area contributed by atoms with E-state index in [-0.39, 0.29) is 11.9 Å². The Kier molecular flexibility index (Phi) is 3.67. The Morgan fingerprint density at radius 3 is 2.90 bits per heavy atom. The Morgan fingerprint density at radius 1 is 1.35 bits per heavy atom. The molecule has 2 aromatic heterocycles. The number of nitrogens with zero attached hydrogens (tertiary/aromatic N) is 3. The third-order valence-corrected chi connectivity index (χ3v) is 4.24. The molecule has 3 rings (SSSR count). The Balaban J connectivity index is 1.60. The molecule has 106 valence electrons. The van der Waals surface area contributed by atoms with E-state index in [2.05, 4.69) is 22.3 Å². The van der Waals surface area contributed by atoms with Crippen molar-refractivity contribution in [3.05, 3.63) is 30.2 Å². The van der Waals surface area contributed by atoms with Crippen molar-refractivity contribution in [3.63, 3.8) is 0 Å². The molecular formula is C15H19N3O2. The summed E-state index contributed by atoms with van der Waals surface area (Å²) in [7, 11) is 1.47. The number of ether oxygens (including phenoxy) is 1. The van der Waals surface area contributed by atoms with Gasteiger partial charge in [-0.15, -0.1) is 0 Å². The molecule has 1 aliphatic rings. The molecule has 0 amide bonds. The van der Waals surface area contributed by atoms with E-state index in [0.717, 1.165) is 37.8 Å². The Labute approximate surface area is 118 Å². The van der Waals surface area contributed by atoms with E-state index in [0.29, 0.717) is 5.92 Å². The molecule has 1 aliphatic carbocycles. The maximum atomic E-state index is 11.5. The molecule has 2 aromatic rings. The van der Waals surface area contributed by atoms with Gasteiger partial charge in [0.2, 0.25) is 0 Å². The van der Waals surface area contributed by atoms with Crippen molar-refractivity contribution in [1.82, 2.24) is 14.6 Å². The van der Waals surface area contributed by atoms with Gasteiger partial charge in [0, 0.05) is 6.20 Å². The van der Waals surface area contributed by atoms with Gasteiger partial charge in [-0.05, 0) is 49.7 Å². The van der Waals surface area contributed by atoms with Gasteiger partial charge < -0.3 is 4.74 Å². The van der Waals surface area contributed by atoms with E-state index >= 15 is 0 Å². The summed E-state index contributed by atoms with van der Waals surface area (Å²) in [5, 5.41) is 4.16. The van der Waals surface area contributed by atoms with Crippen molar-refractivity contribution in [2.24, 2.45) is 11.8 Å². The van der Waals surface area contributed by atoms with Gasteiger partial charge in [-0.3, -0.25) is 4.79 Å². The Hall–Kier alpha value is -1.91. The molecule has 0 saturated heterocycles. The van der Waals surface area contributed by atoms with Crippen molar-refractivity contribution in [2.75, 3.05) is 7.11 Å². The number of hydrogen-bond donors (Lipinski definition) is 0. The highest BCUT2D eigenvalue weighted by molar-refractivity contribution is 5.72. The van der Waals surface area contributed by atoms with E-state index in [1.165, 1.54) is 12.7 Å². The van der Waals surface area contributed by atoms with Crippen molar-refractivity contribution >= 4 is 11.6 Å². The van der Waals surface area contributed by atoms with Crippen LogP contribution in [0.25, 0.3) is 5.65 Å². The molecule has 0 bridgehead atoms. The molecule has 0 N–H and O–H groups in total. The van der Waals surface area contributed by atoms with Crippen molar-refractivity contribution in [2.45, 2.75) is 32.1 Å². The van der Waals surface area contributed by atoms with Gasteiger partial charge in [0.25, 0.3) is 0 Å². The lowest BCUT2D eigenvalue weighted by Crippen LogP contribution is -2.23. The third-order valence-electron chi connectivity index (χ3n) is 4.24. The minimum atomic E-state index is -0.0486. The van der Waals surface area contributed by atoms with Crippen molar-refractivity contribution < 1.29 is 9.53 Å². The van der Waals surface area contributed by atoms with Crippen LogP contribution in [0.15, 0.2) is 24.7 Å². The number of fused-ring (bicyclic) bond motifs is 1. The van der Waals surface area contributed by atoms with Gasteiger partial charge in [-0.25, -0.2) is 9.50 Å². The van der Waals surface area contributed by atoms with Crippen LogP contribution in [-0.4, -0.2) is 27.7 Å². The predicted octanol–water partition coefficient (Wildman–Crippen LogP) is 2.25. The zero-order valence-electron chi connectivity index (χ0n) is 11.7. The van der Waals surface area contributed by atoms with Crippen LogP contribution >= 0.6 is 0 Å². The van der Waals surface area contributed by atoms with E-state index in [1.54, 1.807) is 6.33 Å². The van der Waals surface area contributed by atoms with Gasteiger partial charge >= 0.3 is 5.97 Å². The summed E-state index contributed by atoms with van der Waals surface area (Å²) in [6, 6.07) is 4.12. The molecule has 2 heterocycles. The quantitative estimate of drug-likeness (QED) is 0.805. The largest absolute Gasteiger partial charge is 0.469 e. The van der Waals surface area contributed by atoms with Crippen molar-refractivity contribution in [3.8, 4) is 0 Å². The summed E-state index contributed by atoms with van der Waals surface area (Å²) >= 11 is 0. The molecular weight excluding hydrogens is 254 g/mol. The summed E-state index contributed by atoms with van der Waals surface area (Å²) in [5.74, 6) is 0.707. The minimum Gasteiger partial charge on any atom is -0.469 e. The van der Waals surface area contributed by atoms with Crippen LogP contribution in [0.2, 0.25) is 0 Å². The van der Waals surface area contributed by atoms with E-state index in [4.69, 9.17) is 4.74 Å². The number of hydrogen-bond acceptors (Lipinski definition) is 4. The number of esters is 1. The average molecular weight is 273 g/mol. The van der Waals surface area contributed by atoms with E-state index < -0.39 is 0 Å². The van der Waals surface area contributed by atoms with Crippen LogP contribution in [0.5, 0.6) is 0 Å². The number of carbonyl (C=O) groups is 1. The highest BCUT2D eigenvalue weighted by Gasteiger charge is 2.26. The molecule has 1 fully saturated rings. The second kappa shape index (κ2) is 5.61. The highest BCUT2D eigenvalue weighted by atomic mass is 16.5. The summed E-state index contributed by atoms with van der Waals surface area (Å²) in [5.41, 5.74) is 2.16. The molecule has 0 spiro atoms. The first-order chi connectivity index (χ1) is 9.76. The van der Waals surface area contributed by atoms with Crippen LogP contribution in [0.1, 0.15) is 31.2 Å². The summed E-state index contributed by atoms with van der Waals surface area (Å²) < 4.78 is 6.64. The third kappa shape index (κ3) is 2.66. The number of methoxy groups -OCH3 is 1. The lowest BCUT2D eigenvalue weighted by molar-refractivity contribution is -0.146. The molecule has 0 aromatic carbocycles. The zero-order chi connectivity index (χ0) is 13.9. The fraction of sp³-hybridized carbons (Fsp3) is 0.533. The van der Waals surface area contributed by atoms with E-state index in [1.807, 2.05) is 10.6 Å². The molecule has 0 unspecified atom stereocenters. The number of rotatable bonds is 3. The van der Waals surface area contributed by atoms with Gasteiger partial charge in [0.05, 0.1) is 13.0 Å². The smallest absolute Gasteiger partial charge is 0.308 e. The molecule has 0 aliphatic heterocycles. The number of aromatic nitrogens is 3. The Bertz CT molecular complexity index is 600. The fourth-order valence-electron chi connectivity index (χ4n) is 3.08. The first kappa shape index (κ1) is 13.1.